The average molecular weight is 274 g/mol. The Hall–Kier alpha value is -2.43. The smallest absolute Gasteiger partial charge is 0.182 e. The highest BCUT2D eigenvalue weighted by Crippen LogP contribution is 2.17. The monoisotopic (exact) mass is 274 g/mol. The van der Waals surface area contributed by atoms with Gasteiger partial charge in [0.2, 0.25) is 0 Å². The maximum absolute atomic E-state index is 12.7. The second kappa shape index (κ2) is 6.14. The van der Waals surface area contributed by atoms with E-state index in [1.807, 2.05) is 11.9 Å². The van der Waals surface area contributed by atoms with E-state index in [-0.39, 0.29) is 23.6 Å². The van der Waals surface area contributed by atoms with Gasteiger partial charge in [-0.05, 0) is 36.4 Å². The summed E-state index contributed by atoms with van der Waals surface area (Å²) in [5.41, 5.74) is 1.17. The second-order valence-electron chi connectivity index (χ2n) is 4.47. The molecule has 0 fully saturated rings. The second-order valence-corrected chi connectivity index (χ2v) is 4.47. The number of aromatic hydroxyl groups is 1. The zero-order valence-electron chi connectivity index (χ0n) is 11.1. The molecule has 0 aliphatic carbocycles. The van der Waals surface area contributed by atoms with Crippen molar-refractivity contribution in [3.63, 3.8) is 0 Å². The Kier molecular flexibility index (Phi) is 4.30. The molecule has 0 saturated carbocycles. The van der Waals surface area contributed by atoms with Gasteiger partial charge in [-0.2, -0.15) is 0 Å². The zero-order chi connectivity index (χ0) is 14.5. The fraction of sp³-hybridized carbons (Fsp3) is 0.200. The first-order chi connectivity index (χ1) is 9.56. The number of nitrogens with zero attached hydrogens (tertiary/aromatic N) is 2. The highest BCUT2D eigenvalue weighted by molar-refractivity contribution is 5.94. The molecular weight excluding hydrogens is 259 g/mol. The number of hydrogen-bond donors (Lipinski definition) is 1. The molecule has 1 heterocycles. The van der Waals surface area contributed by atoms with Crippen molar-refractivity contribution in [1.29, 1.82) is 0 Å². The summed E-state index contributed by atoms with van der Waals surface area (Å²) in [6.45, 7) is 0.517. The molecule has 5 heteroatoms. The molecule has 1 aromatic carbocycles. The summed E-state index contributed by atoms with van der Waals surface area (Å²) in [5.74, 6) is -0.382. The van der Waals surface area contributed by atoms with Crippen LogP contribution in [0.25, 0.3) is 0 Å². The molecule has 2 rings (SSSR count). The van der Waals surface area contributed by atoms with Crippen molar-refractivity contribution >= 4 is 11.5 Å². The van der Waals surface area contributed by atoms with Crippen LogP contribution in [0.5, 0.6) is 5.75 Å². The lowest BCUT2D eigenvalue weighted by Crippen LogP contribution is -2.21. The summed E-state index contributed by atoms with van der Waals surface area (Å²) in [6, 6.07) is 9.35. The summed E-state index contributed by atoms with van der Waals surface area (Å²) in [7, 11) is 1.86. The normalized spacial score (nSPS) is 10.3. The first kappa shape index (κ1) is 14.0. The fourth-order valence-electron chi connectivity index (χ4n) is 1.77. The Balaban J connectivity index is 1.92. The number of anilines is 1. The maximum atomic E-state index is 12.7. The van der Waals surface area contributed by atoms with Crippen molar-refractivity contribution in [2.24, 2.45) is 0 Å². The van der Waals surface area contributed by atoms with Crippen LogP contribution in [0.2, 0.25) is 0 Å². The van der Waals surface area contributed by atoms with Crippen LogP contribution < -0.4 is 4.90 Å². The van der Waals surface area contributed by atoms with Gasteiger partial charge in [0.1, 0.15) is 17.3 Å². The minimum atomic E-state index is -0.456. The van der Waals surface area contributed by atoms with Gasteiger partial charge < -0.3 is 10.0 Å². The molecule has 0 atom stereocenters. The van der Waals surface area contributed by atoms with Gasteiger partial charge in [-0.3, -0.25) is 9.78 Å². The Morgan fingerprint density at radius 1 is 1.25 bits per heavy atom. The number of Topliss-reactive ketones (excluding diaryl/α,β-unsaturated/α-hetero) is 1. The Bertz CT molecular complexity index is 582. The molecule has 0 aliphatic heterocycles. The molecule has 4 nitrogen and oxygen atoms in total. The Labute approximate surface area is 116 Å². The van der Waals surface area contributed by atoms with Gasteiger partial charge in [0, 0.05) is 25.7 Å². The first-order valence-corrected chi connectivity index (χ1v) is 6.21. The molecule has 1 aromatic heterocycles. The van der Waals surface area contributed by atoms with Crippen LogP contribution in [-0.2, 0) is 0 Å². The van der Waals surface area contributed by atoms with E-state index >= 15 is 0 Å². The molecular formula is C15H15FN2O2. The number of phenols is 1. The minimum absolute atomic E-state index is 0.129. The van der Waals surface area contributed by atoms with Gasteiger partial charge in [-0.1, -0.05) is 0 Å². The average Bonchev–Trinajstić information content (AvgIpc) is 2.46. The van der Waals surface area contributed by atoms with Gasteiger partial charge in [0.15, 0.2) is 5.78 Å². The van der Waals surface area contributed by atoms with Crippen molar-refractivity contribution in [2.75, 3.05) is 18.5 Å². The van der Waals surface area contributed by atoms with E-state index in [1.165, 1.54) is 12.1 Å². The standard InChI is InChI=1S/C15H15FN2O2/c1-18(12-3-5-13(19)6-4-12)9-8-15(20)14-7-2-11(16)10-17-14/h2-7,10,19H,8-9H2,1H3. The maximum Gasteiger partial charge on any atom is 0.182 e. The van der Waals surface area contributed by atoms with Crippen molar-refractivity contribution in [3.05, 3.63) is 54.1 Å². The molecule has 2 aromatic rings. The zero-order valence-corrected chi connectivity index (χ0v) is 11.1. The molecule has 0 spiro atoms. The molecule has 0 amide bonds. The van der Waals surface area contributed by atoms with Gasteiger partial charge in [0.25, 0.3) is 0 Å². The first-order valence-electron chi connectivity index (χ1n) is 6.21. The van der Waals surface area contributed by atoms with E-state index in [2.05, 4.69) is 4.98 Å². The van der Waals surface area contributed by atoms with Crippen LogP contribution in [0, 0.1) is 5.82 Å². The lowest BCUT2D eigenvalue weighted by molar-refractivity contribution is 0.0980. The third kappa shape index (κ3) is 3.54. The van der Waals surface area contributed by atoms with Crippen molar-refractivity contribution < 1.29 is 14.3 Å². The van der Waals surface area contributed by atoms with Crippen LogP contribution in [0.4, 0.5) is 10.1 Å². The molecule has 0 radical (unpaired) electrons. The third-order valence-corrected chi connectivity index (χ3v) is 2.98. The van der Waals surface area contributed by atoms with E-state index in [4.69, 9.17) is 0 Å². The molecule has 0 bridgehead atoms. The van der Waals surface area contributed by atoms with Gasteiger partial charge >= 0.3 is 0 Å². The predicted octanol–water partition coefficient (Wildman–Crippen LogP) is 2.64. The summed E-state index contributed by atoms with van der Waals surface area (Å²) in [6.07, 6.45) is 1.33. The van der Waals surface area contributed by atoms with E-state index < -0.39 is 5.82 Å². The quantitative estimate of drug-likeness (QED) is 0.852. The lowest BCUT2D eigenvalue weighted by Gasteiger charge is -2.18. The van der Waals surface area contributed by atoms with Gasteiger partial charge in [0.05, 0.1) is 6.20 Å². The topological polar surface area (TPSA) is 53.4 Å². The van der Waals surface area contributed by atoms with Crippen LogP contribution in [0.15, 0.2) is 42.6 Å². The van der Waals surface area contributed by atoms with Crippen LogP contribution in [0.3, 0.4) is 0 Å². The van der Waals surface area contributed by atoms with Crippen molar-refractivity contribution in [1.82, 2.24) is 4.98 Å². The molecule has 0 aliphatic rings. The number of hydrogen-bond acceptors (Lipinski definition) is 4. The number of carbonyl (C=O) groups excluding carboxylic acids is 1. The fourth-order valence-corrected chi connectivity index (χ4v) is 1.77. The van der Waals surface area contributed by atoms with E-state index in [0.29, 0.717) is 6.54 Å². The van der Waals surface area contributed by atoms with Gasteiger partial charge in [-0.25, -0.2) is 4.39 Å². The summed E-state index contributed by atoms with van der Waals surface area (Å²) in [5, 5.41) is 9.22. The van der Waals surface area contributed by atoms with E-state index in [0.717, 1.165) is 11.9 Å². The van der Waals surface area contributed by atoms with Crippen LogP contribution in [0.1, 0.15) is 16.9 Å². The van der Waals surface area contributed by atoms with E-state index in [1.54, 1.807) is 24.3 Å². The number of phenolic OH excluding ortho intramolecular Hbond substituents is 1. The molecule has 0 unspecified atom stereocenters. The molecule has 0 saturated heterocycles. The Morgan fingerprint density at radius 3 is 2.55 bits per heavy atom. The highest BCUT2D eigenvalue weighted by Gasteiger charge is 2.09. The largest absolute Gasteiger partial charge is 0.508 e. The molecule has 1 N–H and O–H groups in total. The molecule has 20 heavy (non-hydrogen) atoms. The highest BCUT2D eigenvalue weighted by atomic mass is 19.1. The summed E-state index contributed by atoms with van der Waals surface area (Å²) < 4.78 is 12.7. The number of benzene rings is 1. The summed E-state index contributed by atoms with van der Waals surface area (Å²) >= 11 is 0. The Morgan fingerprint density at radius 2 is 1.95 bits per heavy atom. The number of aromatic nitrogens is 1. The number of carbonyl (C=O) groups is 1. The predicted molar refractivity (Wildman–Crippen MR) is 74.5 cm³/mol. The van der Waals surface area contributed by atoms with Crippen molar-refractivity contribution in [3.8, 4) is 5.75 Å². The minimum Gasteiger partial charge on any atom is -0.508 e. The lowest BCUT2D eigenvalue weighted by atomic mass is 10.2. The number of halogens is 1. The SMILES string of the molecule is CN(CCC(=O)c1ccc(F)cn1)c1ccc(O)cc1. The number of pyridine rings is 1. The number of ketones is 1. The van der Waals surface area contributed by atoms with E-state index in [9.17, 15) is 14.3 Å². The van der Waals surface area contributed by atoms with Gasteiger partial charge in [-0.15, -0.1) is 0 Å². The number of rotatable bonds is 5. The summed E-state index contributed by atoms with van der Waals surface area (Å²) in [4.78, 5) is 17.6. The molecule has 104 valence electrons. The van der Waals surface area contributed by atoms with Crippen LogP contribution in [-0.4, -0.2) is 29.5 Å². The third-order valence-electron chi connectivity index (χ3n) is 2.98. The van der Waals surface area contributed by atoms with Crippen molar-refractivity contribution in [2.45, 2.75) is 6.42 Å². The van der Waals surface area contributed by atoms with Crippen LogP contribution >= 0.6 is 0 Å².